The molecular formula is C12H16N6O3. The Morgan fingerprint density at radius 2 is 2.29 bits per heavy atom. The highest BCUT2D eigenvalue weighted by Gasteiger charge is 2.17. The first kappa shape index (κ1) is 14.7. The molecule has 2 heterocycles. The first-order valence-corrected chi connectivity index (χ1v) is 6.49. The summed E-state index contributed by atoms with van der Waals surface area (Å²) >= 11 is 0. The predicted octanol–water partition coefficient (Wildman–Crippen LogP) is 0.503. The molecule has 0 aromatic carbocycles. The molecule has 1 N–H and O–H groups in total. The standard InChI is InChI=1S/C12H16N6O3/c1-10-11(18(20)21)8-15-17(10)9-12(19)13-4-2-6-16-7-3-5-14-16/h3,5,7-8H,2,4,6,9H2,1H3,(H,13,19). The molecule has 2 rings (SSSR count). The normalized spacial score (nSPS) is 10.5. The molecule has 1 amide bonds. The number of carbonyl (C=O) groups excluding carboxylic acids is 1. The number of hydrogen-bond acceptors (Lipinski definition) is 5. The van der Waals surface area contributed by atoms with Gasteiger partial charge in [-0.2, -0.15) is 10.2 Å². The molecule has 0 bridgehead atoms. The highest BCUT2D eigenvalue weighted by Crippen LogP contribution is 2.15. The van der Waals surface area contributed by atoms with E-state index in [1.807, 2.05) is 12.3 Å². The van der Waals surface area contributed by atoms with Crippen molar-refractivity contribution in [3.63, 3.8) is 0 Å². The molecule has 0 aliphatic heterocycles. The maximum atomic E-state index is 11.7. The van der Waals surface area contributed by atoms with Gasteiger partial charge in [-0.3, -0.25) is 24.3 Å². The first-order chi connectivity index (χ1) is 10.1. The molecule has 2 aromatic heterocycles. The highest BCUT2D eigenvalue weighted by molar-refractivity contribution is 5.75. The van der Waals surface area contributed by atoms with E-state index in [4.69, 9.17) is 0 Å². The summed E-state index contributed by atoms with van der Waals surface area (Å²) in [7, 11) is 0. The fourth-order valence-electron chi connectivity index (χ4n) is 1.87. The first-order valence-electron chi connectivity index (χ1n) is 6.49. The number of nitrogens with zero attached hydrogens (tertiary/aromatic N) is 5. The lowest BCUT2D eigenvalue weighted by Crippen LogP contribution is -2.29. The van der Waals surface area contributed by atoms with Crippen LogP contribution in [0.4, 0.5) is 5.69 Å². The molecule has 9 nitrogen and oxygen atoms in total. The number of nitro groups is 1. The zero-order valence-corrected chi connectivity index (χ0v) is 11.6. The van der Waals surface area contributed by atoms with Gasteiger partial charge in [0.25, 0.3) is 0 Å². The minimum atomic E-state index is -0.513. The van der Waals surface area contributed by atoms with Gasteiger partial charge in [0, 0.05) is 25.5 Å². The monoisotopic (exact) mass is 292 g/mol. The van der Waals surface area contributed by atoms with E-state index < -0.39 is 4.92 Å². The van der Waals surface area contributed by atoms with Crippen molar-refractivity contribution in [2.45, 2.75) is 26.4 Å². The fourth-order valence-corrected chi connectivity index (χ4v) is 1.87. The van der Waals surface area contributed by atoms with Gasteiger partial charge in [0.05, 0.1) is 4.92 Å². The summed E-state index contributed by atoms with van der Waals surface area (Å²) in [6.07, 6.45) is 5.46. The van der Waals surface area contributed by atoms with Crippen LogP contribution in [0.15, 0.2) is 24.7 Å². The third kappa shape index (κ3) is 3.88. The van der Waals surface area contributed by atoms with Crippen molar-refractivity contribution in [1.82, 2.24) is 24.9 Å². The molecule has 9 heteroatoms. The zero-order chi connectivity index (χ0) is 15.2. The van der Waals surface area contributed by atoms with Crippen molar-refractivity contribution in [2.24, 2.45) is 0 Å². The molecule has 0 saturated carbocycles. The number of amides is 1. The topological polar surface area (TPSA) is 108 Å². The smallest absolute Gasteiger partial charge is 0.309 e. The van der Waals surface area contributed by atoms with Crippen LogP contribution in [0.1, 0.15) is 12.1 Å². The van der Waals surface area contributed by atoms with Crippen LogP contribution in [0, 0.1) is 17.0 Å². The van der Waals surface area contributed by atoms with E-state index in [2.05, 4.69) is 15.5 Å². The number of carbonyl (C=O) groups is 1. The molecule has 21 heavy (non-hydrogen) atoms. The summed E-state index contributed by atoms with van der Waals surface area (Å²) in [6.45, 7) is 2.78. The number of nitrogens with one attached hydrogen (secondary N) is 1. The lowest BCUT2D eigenvalue weighted by molar-refractivity contribution is -0.385. The van der Waals surface area contributed by atoms with Gasteiger partial charge in [-0.15, -0.1) is 0 Å². The molecular weight excluding hydrogens is 276 g/mol. The fraction of sp³-hybridized carbons (Fsp3) is 0.417. The van der Waals surface area contributed by atoms with Gasteiger partial charge in [-0.25, -0.2) is 0 Å². The van der Waals surface area contributed by atoms with Crippen LogP contribution in [0.3, 0.4) is 0 Å². The third-order valence-corrected chi connectivity index (χ3v) is 3.01. The van der Waals surface area contributed by atoms with Crippen LogP contribution in [-0.4, -0.2) is 36.9 Å². The molecule has 0 radical (unpaired) electrons. The Hall–Kier alpha value is -2.71. The molecule has 0 atom stereocenters. The highest BCUT2D eigenvalue weighted by atomic mass is 16.6. The second-order valence-electron chi connectivity index (χ2n) is 4.50. The molecule has 0 unspecified atom stereocenters. The van der Waals surface area contributed by atoms with Crippen molar-refractivity contribution in [3.05, 3.63) is 40.5 Å². The van der Waals surface area contributed by atoms with E-state index in [1.165, 1.54) is 4.68 Å². The maximum Gasteiger partial charge on any atom is 0.309 e. The largest absolute Gasteiger partial charge is 0.354 e. The molecule has 2 aromatic rings. The average Bonchev–Trinajstić information content (AvgIpc) is 3.06. The lowest BCUT2D eigenvalue weighted by Gasteiger charge is -2.06. The van der Waals surface area contributed by atoms with Gasteiger partial charge in [-0.1, -0.05) is 0 Å². The van der Waals surface area contributed by atoms with Crippen molar-refractivity contribution in [1.29, 1.82) is 0 Å². The second kappa shape index (κ2) is 6.64. The van der Waals surface area contributed by atoms with Gasteiger partial charge in [0.2, 0.25) is 5.91 Å². The van der Waals surface area contributed by atoms with Crippen molar-refractivity contribution in [3.8, 4) is 0 Å². The van der Waals surface area contributed by atoms with E-state index in [9.17, 15) is 14.9 Å². The van der Waals surface area contributed by atoms with E-state index in [0.717, 1.165) is 19.2 Å². The summed E-state index contributed by atoms with van der Waals surface area (Å²) in [4.78, 5) is 21.9. The van der Waals surface area contributed by atoms with Crippen molar-refractivity contribution in [2.75, 3.05) is 6.54 Å². The van der Waals surface area contributed by atoms with Gasteiger partial charge >= 0.3 is 5.69 Å². The summed E-state index contributed by atoms with van der Waals surface area (Å²) < 4.78 is 3.11. The van der Waals surface area contributed by atoms with E-state index in [1.54, 1.807) is 17.8 Å². The van der Waals surface area contributed by atoms with Crippen LogP contribution >= 0.6 is 0 Å². The minimum absolute atomic E-state index is 0.0263. The van der Waals surface area contributed by atoms with Crippen LogP contribution in [0.5, 0.6) is 0 Å². The van der Waals surface area contributed by atoms with E-state index in [0.29, 0.717) is 12.2 Å². The molecule has 112 valence electrons. The van der Waals surface area contributed by atoms with Gasteiger partial charge in [-0.05, 0) is 19.4 Å². The molecule has 0 saturated heterocycles. The minimum Gasteiger partial charge on any atom is -0.354 e. The number of hydrogen-bond donors (Lipinski definition) is 1. The number of rotatable bonds is 7. The van der Waals surface area contributed by atoms with Gasteiger partial charge < -0.3 is 5.32 Å². The Kier molecular flexibility index (Phi) is 4.64. The molecule has 0 fully saturated rings. The van der Waals surface area contributed by atoms with Gasteiger partial charge in [0.1, 0.15) is 18.4 Å². The van der Waals surface area contributed by atoms with Crippen LogP contribution in [0.25, 0.3) is 0 Å². The number of aryl methyl sites for hydroxylation is 1. The average molecular weight is 292 g/mol. The van der Waals surface area contributed by atoms with E-state index >= 15 is 0 Å². The Morgan fingerprint density at radius 1 is 1.48 bits per heavy atom. The van der Waals surface area contributed by atoms with Crippen LogP contribution in [-0.2, 0) is 17.9 Å². The summed E-state index contributed by atoms with van der Waals surface area (Å²) in [6, 6.07) is 1.84. The Balaban J connectivity index is 1.75. The second-order valence-corrected chi connectivity index (χ2v) is 4.50. The summed E-state index contributed by atoms with van der Waals surface area (Å²) in [5.41, 5.74) is 0.285. The maximum absolute atomic E-state index is 11.7. The summed E-state index contributed by atoms with van der Waals surface area (Å²) in [5.74, 6) is -0.225. The zero-order valence-electron chi connectivity index (χ0n) is 11.6. The van der Waals surface area contributed by atoms with Crippen LogP contribution < -0.4 is 5.32 Å². The quantitative estimate of drug-likeness (QED) is 0.454. The van der Waals surface area contributed by atoms with Crippen molar-refractivity contribution < 1.29 is 9.72 Å². The third-order valence-electron chi connectivity index (χ3n) is 3.01. The molecule has 0 spiro atoms. The molecule has 0 aliphatic carbocycles. The Morgan fingerprint density at radius 3 is 2.90 bits per heavy atom. The number of aromatic nitrogens is 4. The van der Waals surface area contributed by atoms with E-state index in [-0.39, 0.29) is 18.1 Å². The SMILES string of the molecule is Cc1c([N+](=O)[O-])cnn1CC(=O)NCCCn1cccn1. The summed E-state index contributed by atoms with van der Waals surface area (Å²) in [5, 5.41) is 21.3. The molecule has 0 aliphatic rings. The predicted molar refractivity (Wildman–Crippen MR) is 73.5 cm³/mol. The Labute approximate surface area is 120 Å². The van der Waals surface area contributed by atoms with Gasteiger partial charge in [0.15, 0.2) is 0 Å². The lowest BCUT2D eigenvalue weighted by atomic mass is 10.4. The van der Waals surface area contributed by atoms with Crippen LogP contribution in [0.2, 0.25) is 0 Å². The van der Waals surface area contributed by atoms with Crippen molar-refractivity contribution >= 4 is 11.6 Å². The Bertz CT molecular complexity index is 619.